The summed E-state index contributed by atoms with van der Waals surface area (Å²) in [5.41, 5.74) is 2.85. The fraction of sp³-hybridized carbons (Fsp3) is 0.286. The number of thiol groups is 1. The average Bonchev–Trinajstić information content (AvgIpc) is 2.80. The molecule has 1 unspecified atom stereocenters. The van der Waals surface area contributed by atoms with E-state index in [9.17, 15) is 4.91 Å². The second-order valence-electron chi connectivity index (χ2n) is 4.66. The Balaban J connectivity index is 2.39. The number of rotatable bonds is 2. The molecular formula is C14H14N2OS. The van der Waals surface area contributed by atoms with Crippen LogP contribution in [0.2, 0.25) is 0 Å². The maximum atomic E-state index is 11.0. The van der Waals surface area contributed by atoms with Gasteiger partial charge in [-0.15, -0.1) is 17.5 Å². The molecule has 92 valence electrons. The fourth-order valence-corrected chi connectivity index (χ4v) is 2.97. The molecular weight excluding hydrogens is 244 g/mol. The summed E-state index contributed by atoms with van der Waals surface area (Å²) in [6, 6.07) is 7.78. The van der Waals surface area contributed by atoms with Crippen LogP contribution in [-0.2, 0) is 0 Å². The minimum Gasteiger partial charge on any atom is -0.384 e. The summed E-state index contributed by atoms with van der Waals surface area (Å²) in [6.07, 6.45) is 1.09. The summed E-state index contributed by atoms with van der Waals surface area (Å²) in [5, 5.41) is 8.53. The van der Waals surface area contributed by atoms with Crippen LogP contribution in [0.5, 0.6) is 0 Å². The second-order valence-corrected chi connectivity index (χ2v) is 5.18. The van der Waals surface area contributed by atoms with Crippen molar-refractivity contribution in [3.8, 4) is 0 Å². The topological polar surface area (TPSA) is 41.5 Å². The molecule has 0 amide bonds. The Morgan fingerprint density at radius 2 is 2.22 bits per heavy atom. The Kier molecular flexibility index (Phi) is 2.74. The molecule has 0 radical (unpaired) electrons. The van der Waals surface area contributed by atoms with E-state index >= 15 is 0 Å². The van der Waals surface area contributed by atoms with Crippen molar-refractivity contribution in [2.24, 2.45) is 5.18 Å². The fourth-order valence-electron chi connectivity index (χ4n) is 2.76. The molecule has 3 nitrogen and oxygen atoms in total. The predicted molar refractivity (Wildman–Crippen MR) is 78.2 cm³/mol. The second kappa shape index (κ2) is 4.28. The van der Waals surface area contributed by atoms with Gasteiger partial charge in [-0.05, 0) is 40.7 Å². The van der Waals surface area contributed by atoms with Crippen LogP contribution in [-0.4, -0.2) is 6.54 Å². The third kappa shape index (κ3) is 1.60. The summed E-state index contributed by atoms with van der Waals surface area (Å²) in [4.78, 5) is 11.8. The van der Waals surface area contributed by atoms with Crippen LogP contribution >= 0.6 is 12.6 Å². The van der Waals surface area contributed by atoms with Crippen molar-refractivity contribution in [2.75, 3.05) is 11.9 Å². The molecule has 3 rings (SSSR count). The van der Waals surface area contributed by atoms with Gasteiger partial charge in [0.15, 0.2) is 0 Å². The van der Waals surface area contributed by atoms with Gasteiger partial charge in [0.05, 0.1) is 0 Å². The van der Waals surface area contributed by atoms with Crippen molar-refractivity contribution < 1.29 is 0 Å². The molecule has 0 fully saturated rings. The Bertz CT molecular complexity index is 639. The normalized spacial score (nSPS) is 17.6. The van der Waals surface area contributed by atoms with Gasteiger partial charge in [-0.2, -0.15) is 0 Å². The summed E-state index contributed by atoms with van der Waals surface area (Å²) in [7, 11) is 0. The highest BCUT2D eigenvalue weighted by Crippen LogP contribution is 2.43. The average molecular weight is 258 g/mol. The van der Waals surface area contributed by atoms with Gasteiger partial charge < -0.3 is 5.32 Å². The van der Waals surface area contributed by atoms with E-state index in [4.69, 9.17) is 0 Å². The van der Waals surface area contributed by atoms with Crippen LogP contribution in [0.4, 0.5) is 11.4 Å². The van der Waals surface area contributed by atoms with Crippen LogP contribution in [0.25, 0.3) is 10.8 Å². The Morgan fingerprint density at radius 1 is 1.39 bits per heavy atom. The predicted octanol–water partition coefficient (Wildman–Crippen LogP) is 4.45. The molecule has 0 saturated heterocycles. The lowest BCUT2D eigenvalue weighted by Gasteiger charge is -2.12. The van der Waals surface area contributed by atoms with E-state index in [0.29, 0.717) is 11.6 Å². The van der Waals surface area contributed by atoms with Gasteiger partial charge in [-0.25, -0.2) is 0 Å². The monoisotopic (exact) mass is 258 g/mol. The van der Waals surface area contributed by atoms with Gasteiger partial charge in [-0.3, -0.25) is 0 Å². The first-order valence-electron chi connectivity index (χ1n) is 6.11. The number of hydrogen-bond acceptors (Lipinski definition) is 4. The van der Waals surface area contributed by atoms with E-state index < -0.39 is 0 Å². The van der Waals surface area contributed by atoms with Crippen LogP contribution in [0.3, 0.4) is 0 Å². The van der Waals surface area contributed by atoms with E-state index in [-0.39, 0.29) is 0 Å². The Morgan fingerprint density at radius 3 is 2.94 bits per heavy atom. The Hall–Kier alpha value is -1.55. The molecule has 0 saturated carbocycles. The zero-order valence-corrected chi connectivity index (χ0v) is 11.0. The quantitative estimate of drug-likeness (QED) is 0.617. The molecule has 0 aliphatic carbocycles. The molecule has 1 aliphatic rings. The van der Waals surface area contributed by atoms with Crippen LogP contribution in [0, 0.1) is 4.91 Å². The first kappa shape index (κ1) is 11.5. The minimum absolute atomic E-state index is 0.490. The lowest BCUT2D eigenvalue weighted by Crippen LogP contribution is -1.99. The molecule has 1 N–H and O–H groups in total. The third-order valence-corrected chi connectivity index (χ3v) is 3.96. The maximum absolute atomic E-state index is 11.0. The number of benzene rings is 2. The van der Waals surface area contributed by atoms with Crippen molar-refractivity contribution in [3.05, 3.63) is 34.7 Å². The van der Waals surface area contributed by atoms with Crippen molar-refractivity contribution in [3.63, 3.8) is 0 Å². The van der Waals surface area contributed by atoms with E-state index in [2.05, 4.69) is 30.0 Å². The highest BCUT2D eigenvalue weighted by molar-refractivity contribution is 7.80. The number of anilines is 1. The van der Waals surface area contributed by atoms with Crippen molar-refractivity contribution in [2.45, 2.75) is 24.2 Å². The van der Waals surface area contributed by atoms with Gasteiger partial charge >= 0.3 is 0 Å². The van der Waals surface area contributed by atoms with E-state index in [1.54, 1.807) is 0 Å². The van der Waals surface area contributed by atoms with Gasteiger partial charge in [0, 0.05) is 28.4 Å². The molecule has 1 aliphatic heterocycles. The van der Waals surface area contributed by atoms with Crippen molar-refractivity contribution >= 4 is 34.8 Å². The summed E-state index contributed by atoms with van der Waals surface area (Å²) in [6.45, 7) is 3.12. The highest BCUT2D eigenvalue weighted by Gasteiger charge is 2.24. The summed E-state index contributed by atoms with van der Waals surface area (Å²) < 4.78 is 0. The summed E-state index contributed by atoms with van der Waals surface area (Å²) in [5.74, 6) is 0.508. The molecule has 0 spiro atoms. The van der Waals surface area contributed by atoms with Crippen molar-refractivity contribution in [1.29, 1.82) is 0 Å². The maximum Gasteiger partial charge on any atom is 0.117 e. The van der Waals surface area contributed by atoms with E-state index in [1.165, 1.54) is 5.56 Å². The molecule has 1 atom stereocenters. The molecule has 2 aromatic rings. The Labute approximate surface area is 111 Å². The molecule has 0 aromatic heterocycles. The van der Waals surface area contributed by atoms with Gasteiger partial charge in [0.25, 0.3) is 0 Å². The number of nitroso groups, excluding NO2 is 1. The number of fused-ring (bicyclic) bond motifs is 3. The molecule has 1 heterocycles. The molecule has 18 heavy (non-hydrogen) atoms. The van der Waals surface area contributed by atoms with Crippen molar-refractivity contribution in [1.82, 2.24) is 0 Å². The number of nitrogens with zero attached hydrogens (tertiary/aromatic N) is 1. The molecule has 0 bridgehead atoms. The SMILES string of the molecule is CCC1CNc2cc(N=O)c3cc(S)ccc3c21. The zero-order chi connectivity index (χ0) is 12.7. The lowest BCUT2D eigenvalue weighted by molar-refractivity contribution is 0.732. The molecule has 4 heteroatoms. The third-order valence-electron chi connectivity index (χ3n) is 3.68. The highest BCUT2D eigenvalue weighted by atomic mass is 32.1. The van der Waals surface area contributed by atoms with Crippen LogP contribution < -0.4 is 5.32 Å². The van der Waals surface area contributed by atoms with E-state index in [1.807, 2.05) is 24.3 Å². The first-order valence-corrected chi connectivity index (χ1v) is 6.56. The zero-order valence-electron chi connectivity index (χ0n) is 10.1. The lowest BCUT2D eigenvalue weighted by atomic mass is 9.92. The minimum atomic E-state index is 0.490. The van der Waals surface area contributed by atoms with Crippen LogP contribution in [0.15, 0.2) is 34.3 Å². The van der Waals surface area contributed by atoms with Crippen LogP contribution in [0.1, 0.15) is 24.8 Å². The summed E-state index contributed by atoms with van der Waals surface area (Å²) >= 11 is 4.34. The smallest absolute Gasteiger partial charge is 0.117 e. The van der Waals surface area contributed by atoms with Gasteiger partial charge in [0.2, 0.25) is 0 Å². The standard InChI is InChI=1S/C14H14N2OS/c1-2-8-7-15-13-6-12(16-17)11-5-9(18)3-4-10(11)14(8)13/h3-6,8,15,18H,2,7H2,1H3. The van der Waals surface area contributed by atoms with E-state index in [0.717, 1.165) is 34.3 Å². The largest absolute Gasteiger partial charge is 0.384 e. The van der Waals surface area contributed by atoms with Gasteiger partial charge in [0.1, 0.15) is 5.69 Å². The number of nitrogens with one attached hydrogen (secondary N) is 1. The number of hydrogen-bond donors (Lipinski definition) is 2. The van der Waals surface area contributed by atoms with Gasteiger partial charge in [-0.1, -0.05) is 13.0 Å². The molecule has 2 aromatic carbocycles. The first-order chi connectivity index (χ1) is 8.74.